The molecule has 21 heavy (non-hydrogen) atoms. The van der Waals surface area contributed by atoms with Crippen LogP contribution in [0.2, 0.25) is 0 Å². The lowest BCUT2D eigenvalue weighted by Gasteiger charge is -2.33. The predicted molar refractivity (Wildman–Crippen MR) is 63.4 cm³/mol. The van der Waals surface area contributed by atoms with E-state index in [9.17, 15) is 13.2 Å². The minimum absolute atomic E-state index is 0.206. The lowest BCUT2D eigenvalue weighted by atomic mass is 9.93. The molecule has 1 aliphatic heterocycles. The van der Waals surface area contributed by atoms with E-state index in [0.29, 0.717) is 32.7 Å². The molecule has 1 N–H and O–H groups in total. The van der Waals surface area contributed by atoms with E-state index in [2.05, 4.69) is 10.1 Å². The molecule has 0 aromatic carbocycles. The zero-order valence-corrected chi connectivity index (χ0v) is 11.5. The Morgan fingerprint density at radius 2 is 2.05 bits per heavy atom. The largest absolute Gasteiger partial charge is 0.414 e. The van der Waals surface area contributed by atoms with Crippen molar-refractivity contribution >= 4 is 0 Å². The maximum Gasteiger partial charge on any atom is 0.414 e. The van der Waals surface area contributed by atoms with E-state index in [0.717, 1.165) is 0 Å². The van der Waals surface area contributed by atoms with Crippen LogP contribution in [0.1, 0.15) is 31.5 Å². The first-order chi connectivity index (χ1) is 9.87. The van der Waals surface area contributed by atoms with Crippen molar-refractivity contribution in [1.29, 1.82) is 0 Å². The zero-order valence-electron chi connectivity index (χ0n) is 11.5. The van der Waals surface area contributed by atoms with Gasteiger partial charge in [-0.05, 0) is 6.92 Å². The molecule has 0 aliphatic carbocycles. The molecule has 1 saturated heterocycles. The standard InChI is InChI=1S/C12H17F3N2O4/c1-2-20-11(3-5-19-6-4-11)10-16-9(21-17-10)7-8(18)12(13,14)15/h8,18H,2-7H2,1H3. The molecule has 2 rings (SSSR count). The quantitative estimate of drug-likeness (QED) is 0.889. The van der Waals surface area contributed by atoms with Gasteiger partial charge in [0.15, 0.2) is 6.10 Å². The summed E-state index contributed by atoms with van der Waals surface area (Å²) < 4.78 is 52.7. The summed E-state index contributed by atoms with van der Waals surface area (Å²) in [4.78, 5) is 3.96. The van der Waals surface area contributed by atoms with Gasteiger partial charge in [0.2, 0.25) is 11.7 Å². The van der Waals surface area contributed by atoms with Crippen LogP contribution < -0.4 is 0 Å². The number of alkyl halides is 3. The number of aliphatic hydroxyl groups is 1. The molecule has 1 atom stereocenters. The van der Waals surface area contributed by atoms with Gasteiger partial charge >= 0.3 is 6.18 Å². The number of nitrogens with zero attached hydrogens (tertiary/aromatic N) is 2. The Balaban J connectivity index is 2.13. The van der Waals surface area contributed by atoms with Crippen molar-refractivity contribution < 1.29 is 32.3 Å². The van der Waals surface area contributed by atoms with Gasteiger partial charge in [0.05, 0.1) is 6.42 Å². The molecule has 1 fully saturated rings. The van der Waals surface area contributed by atoms with Crippen molar-refractivity contribution in [1.82, 2.24) is 10.1 Å². The summed E-state index contributed by atoms with van der Waals surface area (Å²) in [6.45, 7) is 3.13. The molecule has 1 aliphatic rings. The fourth-order valence-corrected chi connectivity index (χ4v) is 2.21. The van der Waals surface area contributed by atoms with Gasteiger partial charge in [0.1, 0.15) is 5.60 Å². The Bertz CT molecular complexity index is 452. The number of rotatable bonds is 5. The first kappa shape index (κ1) is 16.2. The fraction of sp³-hybridized carbons (Fsp3) is 0.833. The van der Waals surface area contributed by atoms with Gasteiger partial charge in [-0.25, -0.2) is 0 Å². The molecule has 1 aromatic rings. The van der Waals surface area contributed by atoms with Crippen molar-refractivity contribution in [3.63, 3.8) is 0 Å². The number of halogens is 3. The summed E-state index contributed by atoms with van der Waals surface area (Å²) in [6.07, 6.45) is -7.01. The zero-order chi connectivity index (χ0) is 15.5. The van der Waals surface area contributed by atoms with Crippen LogP contribution in [0, 0.1) is 0 Å². The predicted octanol–water partition coefficient (Wildman–Crippen LogP) is 1.58. The molecular formula is C12H17F3N2O4. The van der Waals surface area contributed by atoms with E-state index < -0.39 is 24.3 Å². The average Bonchev–Trinajstić information content (AvgIpc) is 2.88. The highest BCUT2D eigenvalue weighted by molar-refractivity contribution is 5.04. The number of hydrogen-bond donors (Lipinski definition) is 1. The first-order valence-corrected chi connectivity index (χ1v) is 6.67. The Hall–Kier alpha value is -1.19. The fourth-order valence-electron chi connectivity index (χ4n) is 2.21. The second kappa shape index (κ2) is 6.29. The van der Waals surface area contributed by atoms with E-state index in [1.807, 2.05) is 6.92 Å². The molecule has 0 amide bonds. The van der Waals surface area contributed by atoms with Gasteiger partial charge in [-0.1, -0.05) is 5.16 Å². The Morgan fingerprint density at radius 3 is 2.62 bits per heavy atom. The number of hydrogen-bond acceptors (Lipinski definition) is 6. The molecule has 6 nitrogen and oxygen atoms in total. The minimum atomic E-state index is -4.72. The van der Waals surface area contributed by atoms with Crippen LogP contribution in [0.5, 0.6) is 0 Å². The lowest BCUT2D eigenvalue weighted by molar-refractivity contribution is -0.204. The van der Waals surface area contributed by atoms with Crippen molar-refractivity contribution in [2.45, 2.75) is 44.1 Å². The molecule has 0 bridgehead atoms. The number of aliphatic hydroxyl groups excluding tert-OH is 1. The van der Waals surface area contributed by atoms with Crippen LogP contribution in [0.15, 0.2) is 4.52 Å². The molecule has 2 heterocycles. The normalized spacial score (nSPS) is 20.4. The second-order valence-corrected chi connectivity index (χ2v) is 4.81. The first-order valence-electron chi connectivity index (χ1n) is 6.67. The Kier molecular flexibility index (Phi) is 4.84. The summed E-state index contributed by atoms with van der Waals surface area (Å²) in [5, 5.41) is 12.7. The van der Waals surface area contributed by atoms with Crippen LogP contribution >= 0.6 is 0 Å². The Morgan fingerprint density at radius 1 is 1.38 bits per heavy atom. The van der Waals surface area contributed by atoms with Crippen LogP contribution in [0.4, 0.5) is 13.2 Å². The SMILES string of the molecule is CCOC1(c2noc(CC(O)C(F)(F)F)n2)CCOCC1. The molecule has 0 spiro atoms. The molecular weight excluding hydrogens is 293 g/mol. The van der Waals surface area contributed by atoms with Crippen LogP contribution in [0.25, 0.3) is 0 Å². The highest BCUT2D eigenvalue weighted by Gasteiger charge is 2.42. The van der Waals surface area contributed by atoms with Crippen molar-refractivity contribution in [3.8, 4) is 0 Å². The number of aromatic nitrogens is 2. The van der Waals surface area contributed by atoms with Gasteiger partial charge in [-0.15, -0.1) is 0 Å². The second-order valence-electron chi connectivity index (χ2n) is 4.81. The van der Waals surface area contributed by atoms with Crippen LogP contribution in [0.3, 0.4) is 0 Å². The molecule has 0 saturated carbocycles. The summed E-state index contributed by atoms with van der Waals surface area (Å²) in [6, 6.07) is 0. The van der Waals surface area contributed by atoms with Gasteiger partial charge < -0.3 is 19.1 Å². The maximum absolute atomic E-state index is 12.3. The third kappa shape index (κ3) is 3.72. The molecule has 1 unspecified atom stereocenters. The third-order valence-electron chi connectivity index (χ3n) is 3.34. The van der Waals surface area contributed by atoms with E-state index >= 15 is 0 Å². The van der Waals surface area contributed by atoms with Gasteiger partial charge in [0.25, 0.3) is 0 Å². The van der Waals surface area contributed by atoms with Crippen LogP contribution in [-0.4, -0.2) is 47.3 Å². The number of ether oxygens (including phenoxy) is 2. The lowest BCUT2D eigenvalue weighted by Crippen LogP contribution is -2.37. The van der Waals surface area contributed by atoms with E-state index in [1.54, 1.807) is 0 Å². The van der Waals surface area contributed by atoms with Gasteiger partial charge in [-0.3, -0.25) is 0 Å². The highest BCUT2D eigenvalue weighted by Crippen LogP contribution is 2.34. The topological polar surface area (TPSA) is 77.6 Å². The van der Waals surface area contributed by atoms with E-state index in [4.69, 9.17) is 19.1 Å². The summed E-state index contributed by atoms with van der Waals surface area (Å²) >= 11 is 0. The molecule has 1 aromatic heterocycles. The Labute approximate surface area is 119 Å². The average molecular weight is 310 g/mol. The van der Waals surface area contributed by atoms with Gasteiger partial charge in [0, 0.05) is 32.7 Å². The van der Waals surface area contributed by atoms with Crippen molar-refractivity contribution in [2.75, 3.05) is 19.8 Å². The van der Waals surface area contributed by atoms with Crippen molar-refractivity contribution in [3.05, 3.63) is 11.7 Å². The van der Waals surface area contributed by atoms with Gasteiger partial charge in [-0.2, -0.15) is 18.2 Å². The van der Waals surface area contributed by atoms with E-state index in [-0.39, 0.29) is 11.7 Å². The van der Waals surface area contributed by atoms with E-state index in [1.165, 1.54) is 0 Å². The summed E-state index contributed by atoms with van der Waals surface area (Å²) in [5.41, 5.74) is -0.794. The molecule has 0 radical (unpaired) electrons. The summed E-state index contributed by atoms with van der Waals surface area (Å²) in [7, 11) is 0. The van der Waals surface area contributed by atoms with Crippen LogP contribution in [-0.2, 0) is 21.5 Å². The third-order valence-corrected chi connectivity index (χ3v) is 3.34. The highest BCUT2D eigenvalue weighted by atomic mass is 19.4. The summed E-state index contributed by atoms with van der Waals surface area (Å²) in [5.74, 6) is -0.0579. The minimum Gasteiger partial charge on any atom is -0.383 e. The smallest absolute Gasteiger partial charge is 0.383 e. The molecule has 9 heteroatoms. The molecule has 120 valence electrons. The maximum atomic E-state index is 12.3. The van der Waals surface area contributed by atoms with Crippen molar-refractivity contribution in [2.24, 2.45) is 0 Å². The monoisotopic (exact) mass is 310 g/mol.